The van der Waals surface area contributed by atoms with Gasteiger partial charge in [0, 0.05) is 12.0 Å². The van der Waals surface area contributed by atoms with E-state index >= 15 is 0 Å². The van der Waals surface area contributed by atoms with Gasteiger partial charge < -0.3 is 9.57 Å². The monoisotopic (exact) mass is 295 g/mol. The molecule has 0 fully saturated rings. The van der Waals surface area contributed by atoms with Gasteiger partial charge in [-0.25, -0.2) is 0 Å². The van der Waals surface area contributed by atoms with Gasteiger partial charge in [0.15, 0.2) is 5.78 Å². The van der Waals surface area contributed by atoms with E-state index in [9.17, 15) is 4.79 Å². The first-order valence-corrected chi connectivity index (χ1v) is 7.21. The third-order valence-corrected chi connectivity index (χ3v) is 3.67. The van der Waals surface area contributed by atoms with Gasteiger partial charge in [-0.15, -0.1) is 0 Å². The van der Waals surface area contributed by atoms with Crippen molar-refractivity contribution >= 4 is 11.5 Å². The lowest BCUT2D eigenvalue weighted by molar-refractivity contribution is 0.0659. The van der Waals surface area contributed by atoms with Gasteiger partial charge in [-0.1, -0.05) is 35.5 Å². The molecular weight excluding hydrogens is 278 g/mol. The topological polar surface area (TPSA) is 47.9 Å². The van der Waals surface area contributed by atoms with Crippen molar-refractivity contribution in [2.24, 2.45) is 5.16 Å². The summed E-state index contributed by atoms with van der Waals surface area (Å²) in [5.41, 5.74) is 2.58. The fourth-order valence-electron chi connectivity index (χ4n) is 2.44. The largest absolute Gasteiger partial charge is 0.497 e. The first kappa shape index (κ1) is 14.3. The number of ether oxygens (including phenoxy) is 1. The molecule has 3 rings (SSSR count). The minimum Gasteiger partial charge on any atom is -0.497 e. The van der Waals surface area contributed by atoms with E-state index in [1.165, 1.54) is 0 Å². The SMILES string of the molecule is COc1ccc(C2=NOC(CC(=O)c3ccccc3)C2)cc1. The van der Waals surface area contributed by atoms with Crippen LogP contribution in [0.5, 0.6) is 5.75 Å². The van der Waals surface area contributed by atoms with Crippen molar-refractivity contribution in [3.63, 3.8) is 0 Å². The maximum atomic E-state index is 12.2. The lowest BCUT2D eigenvalue weighted by Gasteiger charge is -2.07. The summed E-state index contributed by atoms with van der Waals surface area (Å²) in [7, 11) is 1.64. The van der Waals surface area contributed by atoms with Crippen LogP contribution in [0, 0.1) is 0 Å². The third kappa shape index (κ3) is 3.17. The number of nitrogens with zero attached hydrogens (tertiary/aromatic N) is 1. The Bertz CT molecular complexity index is 677. The normalized spacial score (nSPS) is 16.8. The Kier molecular flexibility index (Phi) is 4.19. The highest BCUT2D eigenvalue weighted by atomic mass is 16.6. The van der Waals surface area contributed by atoms with E-state index in [1.807, 2.05) is 54.6 Å². The molecule has 1 atom stereocenters. The van der Waals surface area contributed by atoms with Crippen LogP contribution in [-0.2, 0) is 4.84 Å². The number of carbonyl (C=O) groups excluding carboxylic acids is 1. The number of hydrogen-bond donors (Lipinski definition) is 0. The van der Waals surface area contributed by atoms with Gasteiger partial charge in [-0.3, -0.25) is 4.79 Å². The van der Waals surface area contributed by atoms with Crippen LogP contribution in [0.4, 0.5) is 0 Å². The number of carbonyl (C=O) groups is 1. The van der Waals surface area contributed by atoms with Crippen LogP contribution in [0.1, 0.15) is 28.8 Å². The Hall–Kier alpha value is -2.62. The summed E-state index contributed by atoms with van der Waals surface area (Å²) >= 11 is 0. The molecule has 2 aromatic carbocycles. The first-order chi connectivity index (χ1) is 10.8. The summed E-state index contributed by atoms with van der Waals surface area (Å²) in [6, 6.07) is 16.9. The van der Waals surface area contributed by atoms with Crippen LogP contribution in [0.3, 0.4) is 0 Å². The van der Waals surface area contributed by atoms with E-state index in [4.69, 9.17) is 9.57 Å². The van der Waals surface area contributed by atoms with Crippen molar-refractivity contribution in [1.29, 1.82) is 0 Å². The van der Waals surface area contributed by atoms with E-state index in [0.29, 0.717) is 18.4 Å². The highest BCUT2D eigenvalue weighted by molar-refractivity contribution is 6.02. The highest BCUT2D eigenvalue weighted by Crippen LogP contribution is 2.22. The standard InChI is InChI=1S/C18H17NO3/c1-21-15-9-7-13(8-10-15)17-11-16(22-19-17)12-18(20)14-5-3-2-4-6-14/h2-10,16H,11-12H2,1H3. The summed E-state index contributed by atoms with van der Waals surface area (Å²) in [5.74, 6) is 0.885. The number of rotatable bonds is 5. The second-order valence-corrected chi connectivity index (χ2v) is 5.19. The fourth-order valence-corrected chi connectivity index (χ4v) is 2.44. The van der Waals surface area contributed by atoms with Gasteiger partial charge >= 0.3 is 0 Å². The summed E-state index contributed by atoms with van der Waals surface area (Å²) < 4.78 is 5.14. The number of Topliss-reactive ketones (excluding diaryl/α,β-unsaturated/α-hetero) is 1. The molecule has 0 amide bonds. The van der Waals surface area contributed by atoms with Crippen molar-refractivity contribution in [3.8, 4) is 5.75 Å². The minimum absolute atomic E-state index is 0.0804. The van der Waals surface area contributed by atoms with Crippen molar-refractivity contribution in [3.05, 3.63) is 65.7 Å². The van der Waals surface area contributed by atoms with Gasteiger partial charge in [-0.05, 0) is 29.8 Å². The summed E-state index contributed by atoms with van der Waals surface area (Å²) in [4.78, 5) is 17.6. The van der Waals surface area contributed by atoms with Crippen LogP contribution in [0.15, 0.2) is 59.8 Å². The predicted molar refractivity (Wildman–Crippen MR) is 84.4 cm³/mol. The molecule has 4 heteroatoms. The Morgan fingerprint density at radius 1 is 1.18 bits per heavy atom. The van der Waals surface area contributed by atoms with Crippen LogP contribution in [0.2, 0.25) is 0 Å². The minimum atomic E-state index is -0.190. The molecule has 1 heterocycles. The lowest BCUT2D eigenvalue weighted by atomic mass is 9.99. The number of methoxy groups -OCH3 is 1. The maximum Gasteiger partial charge on any atom is 0.166 e. The highest BCUT2D eigenvalue weighted by Gasteiger charge is 2.25. The van der Waals surface area contributed by atoms with Crippen molar-refractivity contribution in [2.45, 2.75) is 18.9 Å². The fraction of sp³-hybridized carbons (Fsp3) is 0.222. The van der Waals surface area contributed by atoms with E-state index < -0.39 is 0 Å². The molecule has 0 aliphatic carbocycles. The number of oxime groups is 1. The molecule has 0 bridgehead atoms. The van der Waals surface area contributed by atoms with Gasteiger partial charge in [0.1, 0.15) is 11.9 Å². The summed E-state index contributed by atoms with van der Waals surface area (Å²) in [6.45, 7) is 0. The molecule has 0 saturated carbocycles. The quantitative estimate of drug-likeness (QED) is 0.794. The van der Waals surface area contributed by atoms with E-state index in [0.717, 1.165) is 17.0 Å². The van der Waals surface area contributed by atoms with Crippen LogP contribution >= 0.6 is 0 Å². The molecule has 2 aromatic rings. The average molecular weight is 295 g/mol. The van der Waals surface area contributed by atoms with Gasteiger partial charge in [0.25, 0.3) is 0 Å². The molecule has 1 unspecified atom stereocenters. The maximum absolute atomic E-state index is 12.2. The first-order valence-electron chi connectivity index (χ1n) is 7.21. The Labute approximate surface area is 129 Å². The Balaban J connectivity index is 1.60. The van der Waals surface area contributed by atoms with Crippen molar-refractivity contribution in [2.75, 3.05) is 7.11 Å². The smallest absolute Gasteiger partial charge is 0.166 e. The molecule has 1 aliphatic heterocycles. The molecule has 0 N–H and O–H groups in total. The number of ketones is 1. The third-order valence-electron chi connectivity index (χ3n) is 3.67. The molecule has 4 nitrogen and oxygen atoms in total. The predicted octanol–water partition coefficient (Wildman–Crippen LogP) is 3.46. The molecule has 0 spiro atoms. The average Bonchev–Trinajstić information content (AvgIpc) is 3.04. The number of benzene rings is 2. The molecule has 0 radical (unpaired) electrons. The summed E-state index contributed by atoms with van der Waals surface area (Å²) in [6.07, 6.45) is 0.794. The lowest BCUT2D eigenvalue weighted by Crippen LogP contribution is -2.14. The van der Waals surface area contributed by atoms with Gasteiger partial charge in [0.2, 0.25) is 0 Å². The van der Waals surface area contributed by atoms with E-state index in [-0.39, 0.29) is 11.9 Å². The van der Waals surface area contributed by atoms with E-state index in [1.54, 1.807) is 7.11 Å². The van der Waals surface area contributed by atoms with Crippen molar-refractivity contribution < 1.29 is 14.4 Å². The molecule has 112 valence electrons. The Morgan fingerprint density at radius 2 is 1.91 bits per heavy atom. The molecule has 0 aromatic heterocycles. The molecule has 0 saturated heterocycles. The van der Waals surface area contributed by atoms with Crippen LogP contribution in [-0.4, -0.2) is 24.7 Å². The Morgan fingerprint density at radius 3 is 2.59 bits per heavy atom. The second kappa shape index (κ2) is 6.43. The number of hydrogen-bond acceptors (Lipinski definition) is 4. The zero-order chi connectivity index (χ0) is 15.4. The van der Waals surface area contributed by atoms with Gasteiger partial charge in [0.05, 0.1) is 19.2 Å². The van der Waals surface area contributed by atoms with Gasteiger partial charge in [-0.2, -0.15) is 0 Å². The van der Waals surface area contributed by atoms with Crippen molar-refractivity contribution in [1.82, 2.24) is 0 Å². The zero-order valence-electron chi connectivity index (χ0n) is 12.4. The molecule has 1 aliphatic rings. The second-order valence-electron chi connectivity index (χ2n) is 5.19. The van der Waals surface area contributed by atoms with Crippen LogP contribution in [0.25, 0.3) is 0 Å². The molecule has 22 heavy (non-hydrogen) atoms. The molecular formula is C18H17NO3. The zero-order valence-corrected chi connectivity index (χ0v) is 12.4. The van der Waals surface area contributed by atoms with E-state index in [2.05, 4.69) is 5.16 Å². The van der Waals surface area contributed by atoms with Crippen LogP contribution < -0.4 is 4.74 Å². The summed E-state index contributed by atoms with van der Waals surface area (Å²) in [5, 5.41) is 4.11.